The Morgan fingerprint density at radius 2 is 2.00 bits per heavy atom. The van der Waals surface area contributed by atoms with Crippen molar-refractivity contribution in [1.82, 2.24) is 5.32 Å². The van der Waals surface area contributed by atoms with Crippen LogP contribution in [0, 0.1) is 5.92 Å². The van der Waals surface area contributed by atoms with Gasteiger partial charge < -0.3 is 19.5 Å². The molecule has 0 aliphatic carbocycles. The molecule has 106 valence electrons. The van der Waals surface area contributed by atoms with Crippen LogP contribution in [0.25, 0.3) is 0 Å². The molecule has 1 aromatic carbocycles. The van der Waals surface area contributed by atoms with Crippen molar-refractivity contribution in [2.75, 3.05) is 40.0 Å². The monoisotopic (exact) mass is 265 g/mol. The van der Waals surface area contributed by atoms with Crippen LogP contribution in [0.2, 0.25) is 0 Å². The highest BCUT2D eigenvalue weighted by Gasteiger charge is 2.14. The van der Waals surface area contributed by atoms with Crippen LogP contribution in [-0.2, 0) is 4.74 Å². The van der Waals surface area contributed by atoms with Gasteiger partial charge in [0.15, 0.2) is 0 Å². The molecule has 1 aliphatic rings. The molecule has 1 aromatic rings. The van der Waals surface area contributed by atoms with E-state index in [0.29, 0.717) is 6.61 Å². The van der Waals surface area contributed by atoms with Crippen LogP contribution in [-0.4, -0.2) is 40.0 Å². The van der Waals surface area contributed by atoms with Crippen LogP contribution in [0.4, 0.5) is 0 Å². The number of hydrogen-bond acceptors (Lipinski definition) is 4. The lowest BCUT2D eigenvalue weighted by Crippen LogP contribution is -2.23. The minimum absolute atomic E-state index is 0.688. The smallest absolute Gasteiger partial charge is 0.119 e. The number of methoxy groups -OCH3 is 1. The third kappa shape index (κ3) is 5.09. The van der Waals surface area contributed by atoms with Gasteiger partial charge in [-0.15, -0.1) is 0 Å². The van der Waals surface area contributed by atoms with Crippen LogP contribution in [0.15, 0.2) is 24.3 Å². The fourth-order valence-corrected chi connectivity index (χ4v) is 2.16. The van der Waals surface area contributed by atoms with E-state index in [9.17, 15) is 0 Å². The molecule has 0 bridgehead atoms. The lowest BCUT2D eigenvalue weighted by Gasteiger charge is -2.10. The van der Waals surface area contributed by atoms with Gasteiger partial charge in [0, 0.05) is 19.8 Å². The van der Waals surface area contributed by atoms with Crippen molar-refractivity contribution < 1.29 is 14.2 Å². The van der Waals surface area contributed by atoms with Crippen molar-refractivity contribution in [3.05, 3.63) is 24.3 Å². The molecular weight excluding hydrogens is 242 g/mol. The van der Waals surface area contributed by atoms with Gasteiger partial charge in [-0.3, -0.25) is 0 Å². The fraction of sp³-hybridized carbons (Fsp3) is 0.600. The van der Waals surface area contributed by atoms with E-state index in [1.165, 1.54) is 12.8 Å². The van der Waals surface area contributed by atoms with Crippen molar-refractivity contribution in [2.45, 2.75) is 12.8 Å². The summed E-state index contributed by atoms with van der Waals surface area (Å²) in [6.07, 6.45) is 2.41. The number of ether oxygens (including phenoxy) is 3. The minimum Gasteiger partial charge on any atom is -0.497 e. The third-order valence-corrected chi connectivity index (χ3v) is 3.36. The van der Waals surface area contributed by atoms with Gasteiger partial charge in [-0.05, 0) is 49.6 Å². The van der Waals surface area contributed by atoms with Gasteiger partial charge in [-0.2, -0.15) is 0 Å². The average molecular weight is 265 g/mol. The second-order valence-electron chi connectivity index (χ2n) is 4.79. The molecule has 0 saturated carbocycles. The molecule has 0 spiro atoms. The zero-order chi connectivity index (χ0) is 13.3. The topological polar surface area (TPSA) is 39.7 Å². The Morgan fingerprint density at radius 3 is 2.68 bits per heavy atom. The molecule has 4 heteroatoms. The summed E-state index contributed by atoms with van der Waals surface area (Å²) in [4.78, 5) is 0. The molecule has 1 unspecified atom stereocenters. The van der Waals surface area contributed by atoms with Crippen LogP contribution < -0.4 is 14.8 Å². The van der Waals surface area contributed by atoms with E-state index in [-0.39, 0.29) is 0 Å². The molecule has 0 amide bonds. The second-order valence-corrected chi connectivity index (χ2v) is 4.79. The van der Waals surface area contributed by atoms with E-state index < -0.39 is 0 Å². The summed E-state index contributed by atoms with van der Waals surface area (Å²) < 4.78 is 16.1. The van der Waals surface area contributed by atoms with Crippen molar-refractivity contribution >= 4 is 0 Å². The van der Waals surface area contributed by atoms with Crippen LogP contribution in [0.1, 0.15) is 12.8 Å². The number of nitrogens with one attached hydrogen (secondary N) is 1. The van der Waals surface area contributed by atoms with Gasteiger partial charge in [0.05, 0.1) is 7.11 Å². The standard InChI is InChI=1S/C15H23NO3/c1-17-14-2-4-15(5-3-14)19-11-9-16-8-6-13-7-10-18-12-13/h2-5,13,16H,6-12H2,1H3. The maximum atomic E-state index is 5.63. The number of hydrogen-bond donors (Lipinski definition) is 1. The molecule has 2 rings (SSSR count). The van der Waals surface area contributed by atoms with Crippen molar-refractivity contribution in [3.63, 3.8) is 0 Å². The lowest BCUT2D eigenvalue weighted by molar-refractivity contribution is 0.184. The van der Waals surface area contributed by atoms with Gasteiger partial charge >= 0.3 is 0 Å². The summed E-state index contributed by atoms with van der Waals surface area (Å²) in [6.45, 7) is 4.47. The first kappa shape index (κ1) is 14.2. The third-order valence-electron chi connectivity index (χ3n) is 3.36. The number of benzene rings is 1. The SMILES string of the molecule is COc1ccc(OCCNCCC2CCOC2)cc1. The highest BCUT2D eigenvalue weighted by atomic mass is 16.5. The molecule has 1 N–H and O–H groups in total. The molecule has 19 heavy (non-hydrogen) atoms. The van der Waals surface area contributed by atoms with Gasteiger partial charge in [0.25, 0.3) is 0 Å². The fourth-order valence-electron chi connectivity index (χ4n) is 2.16. The second kappa shape index (κ2) is 8.02. The summed E-state index contributed by atoms with van der Waals surface area (Å²) in [5.74, 6) is 2.48. The van der Waals surface area contributed by atoms with E-state index in [2.05, 4.69) is 5.32 Å². The molecule has 1 aliphatic heterocycles. The van der Waals surface area contributed by atoms with Crippen LogP contribution in [0.5, 0.6) is 11.5 Å². The molecule has 1 fully saturated rings. The van der Waals surface area contributed by atoms with E-state index in [1.807, 2.05) is 24.3 Å². The Morgan fingerprint density at radius 1 is 1.21 bits per heavy atom. The first-order valence-corrected chi connectivity index (χ1v) is 6.94. The summed E-state index contributed by atoms with van der Waals surface area (Å²) in [7, 11) is 1.66. The maximum Gasteiger partial charge on any atom is 0.119 e. The van der Waals surface area contributed by atoms with Crippen LogP contribution in [0.3, 0.4) is 0 Å². The first-order chi connectivity index (χ1) is 9.38. The van der Waals surface area contributed by atoms with Gasteiger partial charge in [0.2, 0.25) is 0 Å². The Kier molecular flexibility index (Phi) is 5.98. The first-order valence-electron chi connectivity index (χ1n) is 6.94. The zero-order valence-corrected chi connectivity index (χ0v) is 11.6. The van der Waals surface area contributed by atoms with Crippen molar-refractivity contribution in [1.29, 1.82) is 0 Å². The largest absolute Gasteiger partial charge is 0.497 e. The average Bonchev–Trinajstić information content (AvgIpc) is 2.96. The van der Waals surface area contributed by atoms with E-state index in [4.69, 9.17) is 14.2 Å². The zero-order valence-electron chi connectivity index (χ0n) is 11.6. The summed E-state index contributed by atoms with van der Waals surface area (Å²) >= 11 is 0. The molecular formula is C15H23NO3. The predicted molar refractivity (Wildman–Crippen MR) is 74.9 cm³/mol. The quantitative estimate of drug-likeness (QED) is 0.731. The molecule has 4 nitrogen and oxygen atoms in total. The Balaban J connectivity index is 1.51. The van der Waals surface area contributed by atoms with E-state index in [1.54, 1.807) is 7.11 Å². The maximum absolute atomic E-state index is 5.63. The molecule has 0 aromatic heterocycles. The Labute approximate surface area is 115 Å². The molecule has 1 heterocycles. The predicted octanol–water partition coefficient (Wildman–Crippen LogP) is 2.09. The summed E-state index contributed by atoms with van der Waals surface area (Å²) in [5, 5.41) is 3.40. The van der Waals surface area contributed by atoms with Gasteiger partial charge in [0.1, 0.15) is 18.1 Å². The Hall–Kier alpha value is -1.26. The lowest BCUT2D eigenvalue weighted by atomic mass is 10.1. The highest BCUT2D eigenvalue weighted by molar-refractivity contribution is 5.31. The highest BCUT2D eigenvalue weighted by Crippen LogP contribution is 2.17. The van der Waals surface area contributed by atoms with E-state index >= 15 is 0 Å². The number of rotatable bonds is 8. The van der Waals surface area contributed by atoms with Gasteiger partial charge in [-0.1, -0.05) is 0 Å². The minimum atomic E-state index is 0.688. The normalized spacial score (nSPS) is 18.5. The summed E-state index contributed by atoms with van der Waals surface area (Å²) in [5.41, 5.74) is 0. The molecule has 0 radical (unpaired) electrons. The van der Waals surface area contributed by atoms with Crippen molar-refractivity contribution in [3.8, 4) is 11.5 Å². The summed E-state index contributed by atoms with van der Waals surface area (Å²) in [6, 6.07) is 7.66. The molecule has 1 saturated heterocycles. The van der Waals surface area contributed by atoms with E-state index in [0.717, 1.165) is 43.7 Å². The molecule has 1 atom stereocenters. The van der Waals surface area contributed by atoms with Crippen molar-refractivity contribution in [2.24, 2.45) is 5.92 Å². The van der Waals surface area contributed by atoms with Crippen LogP contribution >= 0.6 is 0 Å². The Bertz CT molecular complexity index is 347. The van der Waals surface area contributed by atoms with Gasteiger partial charge in [-0.25, -0.2) is 0 Å².